The monoisotopic (exact) mass is 235 g/mol. The van der Waals surface area contributed by atoms with E-state index in [1.54, 1.807) is 0 Å². The lowest BCUT2D eigenvalue weighted by Gasteiger charge is -2.38. The molecule has 1 N–H and O–H groups in total. The quantitative estimate of drug-likeness (QED) is 0.851. The zero-order valence-corrected chi connectivity index (χ0v) is 11.0. The van der Waals surface area contributed by atoms with Gasteiger partial charge in [-0.2, -0.15) is 0 Å². The molecule has 0 atom stereocenters. The van der Waals surface area contributed by atoms with E-state index in [1.807, 2.05) is 14.0 Å². The molecule has 1 aromatic rings. The van der Waals surface area contributed by atoms with Crippen LogP contribution >= 0.6 is 0 Å². The molecule has 1 fully saturated rings. The van der Waals surface area contributed by atoms with Crippen LogP contribution in [0, 0.1) is 13.8 Å². The minimum Gasteiger partial charge on any atom is -0.344 e. The zero-order valence-electron chi connectivity index (χ0n) is 11.0. The molecule has 2 rings (SSSR count). The summed E-state index contributed by atoms with van der Waals surface area (Å²) in [5, 5.41) is 3.17. The summed E-state index contributed by atoms with van der Waals surface area (Å²) in [6, 6.07) is 6.65. The Morgan fingerprint density at radius 1 is 1.24 bits per heavy atom. The highest BCUT2D eigenvalue weighted by Gasteiger charge is 2.35. The Morgan fingerprint density at radius 2 is 1.88 bits per heavy atom. The topological polar surface area (TPSA) is 30.5 Å². The standard InChI is InChI=1S/C14H21NO2/c1-10-5-6-13(11(2)7-10)14(3)16-8-12(15-4)9-17-14/h5-7,12,15H,8-9H2,1-4H3. The molecule has 0 aliphatic carbocycles. The molecule has 0 spiro atoms. The Morgan fingerprint density at radius 3 is 2.41 bits per heavy atom. The minimum absolute atomic E-state index is 0.286. The first kappa shape index (κ1) is 12.6. The lowest BCUT2D eigenvalue weighted by molar-refractivity contribution is -0.272. The molecule has 1 saturated heterocycles. The Labute approximate surface area is 103 Å². The molecule has 94 valence electrons. The van der Waals surface area contributed by atoms with E-state index >= 15 is 0 Å². The highest BCUT2D eigenvalue weighted by atomic mass is 16.7. The fraction of sp³-hybridized carbons (Fsp3) is 0.571. The summed E-state index contributed by atoms with van der Waals surface area (Å²) in [4.78, 5) is 0. The molecule has 0 radical (unpaired) electrons. The fourth-order valence-corrected chi connectivity index (χ4v) is 2.25. The van der Waals surface area contributed by atoms with Gasteiger partial charge in [0.1, 0.15) is 0 Å². The normalized spacial score (nSPS) is 29.3. The molecule has 1 aliphatic rings. The molecule has 1 aliphatic heterocycles. The van der Waals surface area contributed by atoms with E-state index in [9.17, 15) is 0 Å². The van der Waals surface area contributed by atoms with Crippen molar-refractivity contribution in [3.05, 3.63) is 34.9 Å². The number of likely N-dealkylation sites (N-methyl/N-ethyl adjacent to an activating group) is 1. The second-order valence-electron chi connectivity index (χ2n) is 4.87. The molecule has 3 nitrogen and oxygen atoms in total. The van der Waals surface area contributed by atoms with Gasteiger partial charge in [0, 0.05) is 5.56 Å². The lowest BCUT2D eigenvalue weighted by Crippen LogP contribution is -2.47. The Kier molecular flexibility index (Phi) is 3.52. The first-order valence-corrected chi connectivity index (χ1v) is 6.08. The van der Waals surface area contributed by atoms with Crippen molar-refractivity contribution in [2.45, 2.75) is 32.6 Å². The van der Waals surface area contributed by atoms with Gasteiger partial charge in [0.15, 0.2) is 5.79 Å². The molecule has 0 unspecified atom stereocenters. The summed E-state index contributed by atoms with van der Waals surface area (Å²) in [6.45, 7) is 7.56. The van der Waals surface area contributed by atoms with E-state index in [4.69, 9.17) is 9.47 Å². The summed E-state index contributed by atoms with van der Waals surface area (Å²) in [5.74, 6) is -0.606. The SMILES string of the molecule is CNC1COC(C)(c2ccc(C)cc2C)OC1. The van der Waals surface area contributed by atoms with Crippen molar-refractivity contribution in [2.75, 3.05) is 20.3 Å². The van der Waals surface area contributed by atoms with Crippen LogP contribution in [0.2, 0.25) is 0 Å². The van der Waals surface area contributed by atoms with E-state index in [-0.39, 0.29) is 6.04 Å². The average Bonchev–Trinajstić information content (AvgIpc) is 2.29. The molecule has 0 bridgehead atoms. The third-order valence-electron chi connectivity index (χ3n) is 3.40. The summed E-state index contributed by atoms with van der Waals surface area (Å²) < 4.78 is 11.8. The Balaban J connectivity index is 2.21. The van der Waals surface area contributed by atoms with Crippen molar-refractivity contribution in [1.82, 2.24) is 5.32 Å². The van der Waals surface area contributed by atoms with Crippen LogP contribution in [0.25, 0.3) is 0 Å². The Bertz CT molecular complexity index is 395. The van der Waals surface area contributed by atoms with Crippen LogP contribution in [-0.2, 0) is 15.3 Å². The highest BCUT2D eigenvalue weighted by molar-refractivity contribution is 5.33. The van der Waals surface area contributed by atoms with Crippen molar-refractivity contribution in [1.29, 1.82) is 0 Å². The maximum atomic E-state index is 5.89. The van der Waals surface area contributed by atoms with Gasteiger partial charge in [-0.05, 0) is 33.4 Å². The summed E-state index contributed by atoms with van der Waals surface area (Å²) in [5.41, 5.74) is 3.60. The van der Waals surface area contributed by atoms with Crippen LogP contribution in [0.15, 0.2) is 18.2 Å². The average molecular weight is 235 g/mol. The van der Waals surface area contributed by atoms with Crippen molar-refractivity contribution in [2.24, 2.45) is 0 Å². The van der Waals surface area contributed by atoms with Crippen molar-refractivity contribution < 1.29 is 9.47 Å². The van der Waals surface area contributed by atoms with Gasteiger partial charge in [-0.3, -0.25) is 0 Å². The second-order valence-corrected chi connectivity index (χ2v) is 4.87. The van der Waals surface area contributed by atoms with E-state index in [0.29, 0.717) is 13.2 Å². The minimum atomic E-state index is -0.606. The third-order valence-corrected chi connectivity index (χ3v) is 3.40. The molecule has 0 aromatic heterocycles. The number of ether oxygens (including phenoxy) is 2. The largest absolute Gasteiger partial charge is 0.344 e. The summed E-state index contributed by atoms with van der Waals surface area (Å²) in [7, 11) is 1.93. The van der Waals surface area contributed by atoms with Crippen LogP contribution in [0.5, 0.6) is 0 Å². The molecule has 0 saturated carbocycles. The van der Waals surface area contributed by atoms with Gasteiger partial charge >= 0.3 is 0 Å². The maximum absolute atomic E-state index is 5.89. The van der Waals surface area contributed by atoms with Crippen molar-refractivity contribution in [3.63, 3.8) is 0 Å². The first-order chi connectivity index (χ1) is 8.05. The van der Waals surface area contributed by atoms with Crippen LogP contribution in [0.1, 0.15) is 23.6 Å². The molecule has 0 amide bonds. The first-order valence-electron chi connectivity index (χ1n) is 6.08. The zero-order chi connectivity index (χ0) is 12.5. The van der Waals surface area contributed by atoms with Crippen LogP contribution in [-0.4, -0.2) is 26.3 Å². The van der Waals surface area contributed by atoms with Gasteiger partial charge in [0.25, 0.3) is 0 Å². The maximum Gasteiger partial charge on any atom is 0.192 e. The van der Waals surface area contributed by atoms with Crippen molar-refractivity contribution >= 4 is 0 Å². The smallest absolute Gasteiger partial charge is 0.192 e. The number of benzene rings is 1. The molecular formula is C14H21NO2. The van der Waals surface area contributed by atoms with E-state index in [0.717, 1.165) is 5.56 Å². The predicted octanol–water partition coefficient (Wildman–Crippen LogP) is 2.11. The molecule has 17 heavy (non-hydrogen) atoms. The number of hydrogen-bond acceptors (Lipinski definition) is 3. The number of rotatable bonds is 2. The van der Waals surface area contributed by atoms with Gasteiger partial charge in [0.2, 0.25) is 0 Å². The molecular weight excluding hydrogens is 214 g/mol. The fourth-order valence-electron chi connectivity index (χ4n) is 2.25. The van der Waals surface area contributed by atoms with Gasteiger partial charge in [-0.15, -0.1) is 0 Å². The van der Waals surface area contributed by atoms with Crippen LogP contribution in [0.4, 0.5) is 0 Å². The number of nitrogens with one attached hydrogen (secondary N) is 1. The predicted molar refractivity (Wildman–Crippen MR) is 68.0 cm³/mol. The molecule has 1 aromatic carbocycles. The van der Waals surface area contributed by atoms with E-state index in [1.165, 1.54) is 11.1 Å². The van der Waals surface area contributed by atoms with Gasteiger partial charge < -0.3 is 14.8 Å². The van der Waals surface area contributed by atoms with Crippen LogP contribution < -0.4 is 5.32 Å². The third kappa shape index (κ3) is 2.51. The molecule has 1 heterocycles. The summed E-state index contributed by atoms with van der Waals surface area (Å²) in [6.07, 6.45) is 0. The number of hydrogen-bond donors (Lipinski definition) is 1. The van der Waals surface area contributed by atoms with Crippen LogP contribution in [0.3, 0.4) is 0 Å². The summed E-state index contributed by atoms with van der Waals surface area (Å²) >= 11 is 0. The number of aryl methyl sites for hydroxylation is 2. The van der Waals surface area contributed by atoms with Gasteiger partial charge in [0.05, 0.1) is 19.3 Å². The van der Waals surface area contributed by atoms with Gasteiger partial charge in [-0.25, -0.2) is 0 Å². The molecule has 3 heteroatoms. The Hall–Kier alpha value is -0.900. The highest BCUT2D eigenvalue weighted by Crippen LogP contribution is 2.32. The van der Waals surface area contributed by atoms with Crippen molar-refractivity contribution in [3.8, 4) is 0 Å². The van der Waals surface area contributed by atoms with E-state index in [2.05, 4.69) is 37.4 Å². The van der Waals surface area contributed by atoms with Gasteiger partial charge in [-0.1, -0.05) is 23.8 Å². The van der Waals surface area contributed by atoms with E-state index < -0.39 is 5.79 Å². The lowest BCUT2D eigenvalue weighted by atomic mass is 9.98. The second kappa shape index (κ2) is 4.77.